The van der Waals surface area contributed by atoms with Gasteiger partial charge in [0.05, 0.1) is 25.6 Å². The van der Waals surface area contributed by atoms with Crippen molar-refractivity contribution in [2.45, 2.75) is 33.4 Å². The summed E-state index contributed by atoms with van der Waals surface area (Å²) in [5, 5.41) is 3.37. The van der Waals surface area contributed by atoms with Crippen LogP contribution in [0.25, 0.3) is 0 Å². The molecule has 9 heteroatoms. The van der Waals surface area contributed by atoms with Gasteiger partial charge in [0.1, 0.15) is 5.75 Å². The highest BCUT2D eigenvalue weighted by Gasteiger charge is 2.28. The number of sulfonamides is 1. The van der Waals surface area contributed by atoms with E-state index >= 15 is 0 Å². The SMILES string of the molecule is CN=C(NCc1cc(C)cc(OC)c1)N1CCN(S(=O)(=O)CCOC(C)C)CC1. The number of methoxy groups -OCH3 is 1. The van der Waals surface area contributed by atoms with Crippen LogP contribution in [-0.4, -0.2) is 82.4 Å². The molecule has 1 aromatic carbocycles. The third-order valence-corrected chi connectivity index (χ3v) is 6.57. The molecule has 2 rings (SSSR count). The van der Waals surface area contributed by atoms with Gasteiger partial charge in [0, 0.05) is 39.8 Å². The molecule has 0 spiro atoms. The lowest BCUT2D eigenvalue weighted by Gasteiger charge is -2.35. The number of benzene rings is 1. The monoisotopic (exact) mass is 426 g/mol. The van der Waals surface area contributed by atoms with Crippen molar-refractivity contribution in [2.24, 2.45) is 4.99 Å². The number of hydrogen-bond donors (Lipinski definition) is 1. The summed E-state index contributed by atoms with van der Waals surface area (Å²) in [5.74, 6) is 1.62. The fourth-order valence-corrected chi connectivity index (χ4v) is 4.54. The Morgan fingerprint density at radius 3 is 2.48 bits per heavy atom. The van der Waals surface area contributed by atoms with E-state index in [2.05, 4.69) is 21.3 Å². The van der Waals surface area contributed by atoms with Gasteiger partial charge in [-0.2, -0.15) is 4.31 Å². The zero-order chi connectivity index (χ0) is 21.4. The molecule has 1 N–H and O–H groups in total. The highest BCUT2D eigenvalue weighted by atomic mass is 32.2. The third kappa shape index (κ3) is 7.17. The van der Waals surface area contributed by atoms with Gasteiger partial charge in [-0.1, -0.05) is 6.07 Å². The summed E-state index contributed by atoms with van der Waals surface area (Å²) in [6.45, 7) is 8.77. The second kappa shape index (κ2) is 10.8. The number of rotatable bonds is 8. The van der Waals surface area contributed by atoms with Crippen LogP contribution in [0.3, 0.4) is 0 Å². The summed E-state index contributed by atoms with van der Waals surface area (Å²) in [4.78, 5) is 6.45. The first kappa shape index (κ1) is 23.4. The quantitative estimate of drug-likeness (QED) is 0.500. The predicted molar refractivity (Wildman–Crippen MR) is 116 cm³/mol. The van der Waals surface area contributed by atoms with E-state index < -0.39 is 10.0 Å². The molecular formula is C20H34N4O4S. The van der Waals surface area contributed by atoms with E-state index in [-0.39, 0.29) is 18.5 Å². The van der Waals surface area contributed by atoms with Crippen LogP contribution >= 0.6 is 0 Å². The van der Waals surface area contributed by atoms with Crippen LogP contribution in [0.15, 0.2) is 23.2 Å². The molecule has 164 valence electrons. The maximum absolute atomic E-state index is 12.5. The smallest absolute Gasteiger partial charge is 0.216 e. The molecule has 0 atom stereocenters. The first-order chi connectivity index (χ1) is 13.7. The van der Waals surface area contributed by atoms with E-state index in [1.807, 2.05) is 32.9 Å². The van der Waals surface area contributed by atoms with Crippen molar-refractivity contribution in [3.8, 4) is 5.75 Å². The molecule has 0 unspecified atom stereocenters. The molecule has 1 saturated heterocycles. The van der Waals surface area contributed by atoms with Crippen molar-refractivity contribution in [3.63, 3.8) is 0 Å². The first-order valence-electron chi connectivity index (χ1n) is 9.94. The summed E-state index contributed by atoms with van der Waals surface area (Å²) in [5.41, 5.74) is 2.24. The number of aryl methyl sites for hydroxylation is 1. The van der Waals surface area contributed by atoms with Crippen LogP contribution in [0, 0.1) is 6.92 Å². The highest BCUT2D eigenvalue weighted by molar-refractivity contribution is 7.89. The molecule has 1 aliphatic rings. The number of aliphatic imine (C=N–C) groups is 1. The van der Waals surface area contributed by atoms with Crippen molar-refractivity contribution in [1.82, 2.24) is 14.5 Å². The minimum absolute atomic E-state index is 0.0212. The van der Waals surface area contributed by atoms with Gasteiger partial charge in [0.25, 0.3) is 0 Å². The topological polar surface area (TPSA) is 83.5 Å². The molecule has 0 saturated carbocycles. The van der Waals surface area contributed by atoms with Crippen molar-refractivity contribution >= 4 is 16.0 Å². The fourth-order valence-electron chi connectivity index (χ4n) is 3.25. The number of piperazine rings is 1. The molecule has 1 aromatic rings. The minimum atomic E-state index is -3.30. The van der Waals surface area contributed by atoms with Gasteiger partial charge >= 0.3 is 0 Å². The van der Waals surface area contributed by atoms with Crippen molar-refractivity contribution in [1.29, 1.82) is 0 Å². The number of guanidine groups is 1. The average molecular weight is 427 g/mol. The van der Waals surface area contributed by atoms with Crippen LogP contribution in [0.4, 0.5) is 0 Å². The summed E-state index contributed by atoms with van der Waals surface area (Å²) in [6.07, 6.45) is 0.0322. The van der Waals surface area contributed by atoms with Gasteiger partial charge in [-0.05, 0) is 44.0 Å². The Hall–Kier alpha value is -1.84. The lowest BCUT2D eigenvalue weighted by Crippen LogP contribution is -2.54. The lowest BCUT2D eigenvalue weighted by molar-refractivity contribution is 0.0904. The Morgan fingerprint density at radius 1 is 1.21 bits per heavy atom. The predicted octanol–water partition coefficient (Wildman–Crippen LogP) is 1.45. The molecule has 1 heterocycles. The van der Waals surface area contributed by atoms with Crippen LogP contribution in [0.5, 0.6) is 5.75 Å². The molecular weight excluding hydrogens is 392 g/mol. The molecule has 1 fully saturated rings. The fraction of sp³-hybridized carbons (Fsp3) is 0.650. The van der Waals surface area contributed by atoms with E-state index in [4.69, 9.17) is 9.47 Å². The van der Waals surface area contributed by atoms with E-state index in [0.29, 0.717) is 32.7 Å². The second-order valence-electron chi connectivity index (χ2n) is 7.38. The summed E-state index contributed by atoms with van der Waals surface area (Å²) in [6, 6.07) is 6.09. The summed E-state index contributed by atoms with van der Waals surface area (Å²) < 4.78 is 37.2. The Kier molecular flexibility index (Phi) is 8.73. The highest BCUT2D eigenvalue weighted by Crippen LogP contribution is 2.16. The van der Waals surface area contributed by atoms with Crippen LogP contribution < -0.4 is 10.1 Å². The van der Waals surface area contributed by atoms with Crippen LogP contribution in [0.1, 0.15) is 25.0 Å². The molecule has 0 amide bonds. The Labute approximate surface area is 174 Å². The van der Waals surface area contributed by atoms with Gasteiger partial charge in [-0.3, -0.25) is 4.99 Å². The molecule has 29 heavy (non-hydrogen) atoms. The average Bonchev–Trinajstić information content (AvgIpc) is 2.68. The van der Waals surface area contributed by atoms with Gasteiger partial charge in [0.15, 0.2) is 5.96 Å². The molecule has 8 nitrogen and oxygen atoms in total. The van der Waals surface area contributed by atoms with E-state index in [1.54, 1.807) is 18.5 Å². The largest absolute Gasteiger partial charge is 0.497 e. The van der Waals surface area contributed by atoms with Crippen molar-refractivity contribution in [2.75, 3.05) is 52.7 Å². The van der Waals surface area contributed by atoms with Gasteiger partial charge in [0.2, 0.25) is 10.0 Å². The third-order valence-electron chi connectivity index (χ3n) is 4.73. The molecule has 0 bridgehead atoms. The molecule has 0 radical (unpaired) electrons. The summed E-state index contributed by atoms with van der Waals surface area (Å²) in [7, 11) is 0.107. The molecule has 0 aromatic heterocycles. The first-order valence-corrected chi connectivity index (χ1v) is 11.6. The van der Waals surface area contributed by atoms with Crippen LogP contribution in [-0.2, 0) is 21.3 Å². The van der Waals surface area contributed by atoms with E-state index in [9.17, 15) is 8.42 Å². The number of ether oxygens (including phenoxy) is 2. The summed E-state index contributed by atoms with van der Waals surface area (Å²) >= 11 is 0. The van der Waals surface area contributed by atoms with Gasteiger partial charge in [-0.15, -0.1) is 0 Å². The molecule has 1 aliphatic heterocycles. The Bertz CT molecular complexity index is 788. The Morgan fingerprint density at radius 2 is 1.90 bits per heavy atom. The standard InChI is InChI=1S/C20H34N4O4S/c1-16(2)28-10-11-29(25,26)24-8-6-23(7-9-24)20(21-4)22-15-18-12-17(3)13-19(14-18)27-5/h12-14,16H,6-11,15H2,1-5H3,(H,21,22). The van der Waals surface area contributed by atoms with E-state index in [0.717, 1.165) is 22.8 Å². The van der Waals surface area contributed by atoms with Crippen molar-refractivity contribution in [3.05, 3.63) is 29.3 Å². The maximum Gasteiger partial charge on any atom is 0.216 e. The number of nitrogens with one attached hydrogen (secondary N) is 1. The second-order valence-corrected chi connectivity index (χ2v) is 9.47. The zero-order valence-electron chi connectivity index (χ0n) is 18.1. The van der Waals surface area contributed by atoms with E-state index in [1.165, 1.54) is 0 Å². The normalized spacial score (nSPS) is 16.3. The number of hydrogen-bond acceptors (Lipinski definition) is 5. The van der Waals surface area contributed by atoms with Crippen molar-refractivity contribution < 1.29 is 17.9 Å². The van der Waals surface area contributed by atoms with Gasteiger partial charge in [-0.25, -0.2) is 8.42 Å². The van der Waals surface area contributed by atoms with Crippen LogP contribution in [0.2, 0.25) is 0 Å². The lowest BCUT2D eigenvalue weighted by atomic mass is 10.1. The maximum atomic E-state index is 12.5. The minimum Gasteiger partial charge on any atom is -0.497 e. The zero-order valence-corrected chi connectivity index (χ0v) is 19.0. The number of nitrogens with zero attached hydrogens (tertiary/aromatic N) is 3. The molecule has 0 aliphatic carbocycles. The van der Waals surface area contributed by atoms with Gasteiger partial charge < -0.3 is 19.7 Å². The Balaban J connectivity index is 1.88.